The summed E-state index contributed by atoms with van der Waals surface area (Å²) in [6, 6.07) is 13.8. The Morgan fingerprint density at radius 2 is 1.86 bits per heavy atom. The molecule has 0 aliphatic rings. The smallest absolute Gasteiger partial charge is 0.127 e. The van der Waals surface area contributed by atoms with Crippen molar-refractivity contribution >= 4 is 15.9 Å². The molecule has 1 atom stereocenters. The Hall–Kier alpha value is -1.19. The molecule has 2 aromatic rings. The minimum Gasteiger partial charge on any atom is -0.310 e. The van der Waals surface area contributed by atoms with E-state index in [1.54, 1.807) is 0 Å². The third-order valence-electron chi connectivity index (χ3n) is 3.70. The van der Waals surface area contributed by atoms with Crippen LogP contribution in [-0.2, 0) is 12.8 Å². The molecule has 1 unspecified atom stereocenters. The number of hydrogen-bond donors (Lipinski definition) is 1. The van der Waals surface area contributed by atoms with Crippen LogP contribution >= 0.6 is 15.9 Å². The van der Waals surface area contributed by atoms with Gasteiger partial charge in [0.25, 0.3) is 0 Å². The number of likely N-dealkylation sites (N-methyl/N-ethyl adjacent to an activating group) is 1. The van der Waals surface area contributed by atoms with Crippen molar-refractivity contribution in [3.05, 3.63) is 69.4 Å². The molecule has 0 amide bonds. The summed E-state index contributed by atoms with van der Waals surface area (Å²) in [5, 5.41) is 3.49. The maximum absolute atomic E-state index is 14.1. The fourth-order valence-corrected chi connectivity index (χ4v) is 2.97. The molecule has 2 aromatic carbocycles. The van der Waals surface area contributed by atoms with Crippen LogP contribution in [0.4, 0.5) is 4.39 Å². The highest BCUT2D eigenvalue weighted by molar-refractivity contribution is 9.10. The number of hydrogen-bond acceptors (Lipinski definition) is 1. The molecule has 0 aliphatic carbocycles. The summed E-state index contributed by atoms with van der Waals surface area (Å²) in [7, 11) is 0. The summed E-state index contributed by atoms with van der Waals surface area (Å²) >= 11 is 3.31. The van der Waals surface area contributed by atoms with Crippen LogP contribution in [0.25, 0.3) is 0 Å². The Morgan fingerprint density at radius 1 is 1.10 bits per heavy atom. The van der Waals surface area contributed by atoms with Gasteiger partial charge >= 0.3 is 0 Å². The van der Waals surface area contributed by atoms with Crippen LogP contribution in [0.15, 0.2) is 46.9 Å². The van der Waals surface area contributed by atoms with Crippen molar-refractivity contribution in [2.24, 2.45) is 0 Å². The van der Waals surface area contributed by atoms with Crippen LogP contribution in [0.1, 0.15) is 36.6 Å². The van der Waals surface area contributed by atoms with Gasteiger partial charge in [-0.25, -0.2) is 4.39 Å². The van der Waals surface area contributed by atoms with E-state index in [0.717, 1.165) is 23.0 Å². The molecule has 0 aliphatic heterocycles. The third kappa shape index (κ3) is 4.14. The van der Waals surface area contributed by atoms with Crippen molar-refractivity contribution in [1.29, 1.82) is 0 Å². The first-order valence-corrected chi connectivity index (χ1v) is 8.20. The van der Waals surface area contributed by atoms with Crippen molar-refractivity contribution in [3.8, 4) is 0 Å². The molecule has 0 saturated carbocycles. The molecule has 0 heterocycles. The molecule has 0 radical (unpaired) electrons. The minimum absolute atomic E-state index is 0.141. The Labute approximate surface area is 134 Å². The summed E-state index contributed by atoms with van der Waals surface area (Å²) < 4.78 is 14.9. The summed E-state index contributed by atoms with van der Waals surface area (Å²) in [5.74, 6) is -0.152. The summed E-state index contributed by atoms with van der Waals surface area (Å²) in [4.78, 5) is 0. The van der Waals surface area contributed by atoms with E-state index in [9.17, 15) is 4.39 Å². The van der Waals surface area contributed by atoms with Crippen LogP contribution in [0, 0.1) is 5.82 Å². The maximum atomic E-state index is 14.1. The fraction of sp³-hybridized carbons (Fsp3) is 0.333. The van der Waals surface area contributed by atoms with Gasteiger partial charge in [-0.15, -0.1) is 0 Å². The van der Waals surface area contributed by atoms with Crippen molar-refractivity contribution in [1.82, 2.24) is 5.32 Å². The molecule has 0 spiro atoms. The van der Waals surface area contributed by atoms with Crippen molar-refractivity contribution < 1.29 is 4.39 Å². The lowest BCUT2D eigenvalue weighted by Gasteiger charge is -2.21. The van der Waals surface area contributed by atoms with Crippen LogP contribution in [0.3, 0.4) is 0 Å². The lowest BCUT2D eigenvalue weighted by Crippen LogP contribution is -2.24. The van der Waals surface area contributed by atoms with Gasteiger partial charge in [-0.2, -0.15) is 0 Å². The molecular formula is C18H21BrFN. The normalized spacial score (nSPS) is 12.4. The average Bonchev–Trinajstić information content (AvgIpc) is 2.49. The monoisotopic (exact) mass is 349 g/mol. The summed E-state index contributed by atoms with van der Waals surface area (Å²) in [6.45, 7) is 5.10. The van der Waals surface area contributed by atoms with Crippen LogP contribution in [0.5, 0.6) is 0 Å². The molecule has 112 valence electrons. The van der Waals surface area contributed by atoms with Gasteiger partial charge in [0.05, 0.1) is 0 Å². The first-order chi connectivity index (χ1) is 10.2. The standard InChI is InChI=1S/C18H21BrFN/c1-3-13-7-5-6-8-16(13)18(21-4-2)11-14-9-10-15(19)12-17(14)20/h5-10,12,18,21H,3-4,11H2,1-2H3. The number of nitrogens with one attached hydrogen (secondary N) is 1. The van der Waals surface area contributed by atoms with Gasteiger partial charge in [0, 0.05) is 10.5 Å². The highest BCUT2D eigenvalue weighted by atomic mass is 79.9. The van der Waals surface area contributed by atoms with E-state index in [0.29, 0.717) is 6.42 Å². The van der Waals surface area contributed by atoms with E-state index in [1.165, 1.54) is 17.2 Å². The molecule has 1 nitrogen and oxygen atoms in total. The third-order valence-corrected chi connectivity index (χ3v) is 4.19. The summed E-state index contributed by atoms with van der Waals surface area (Å²) in [6.07, 6.45) is 1.64. The molecule has 2 rings (SSSR count). The predicted octanol–water partition coefficient (Wildman–Crippen LogP) is 5.04. The number of benzene rings is 2. The van der Waals surface area contributed by atoms with Crippen LogP contribution < -0.4 is 5.32 Å². The minimum atomic E-state index is -0.152. The molecule has 3 heteroatoms. The molecule has 0 saturated heterocycles. The lowest BCUT2D eigenvalue weighted by molar-refractivity contribution is 0.525. The molecule has 0 aromatic heterocycles. The molecule has 0 bridgehead atoms. The molecule has 21 heavy (non-hydrogen) atoms. The Morgan fingerprint density at radius 3 is 2.52 bits per heavy atom. The van der Waals surface area contributed by atoms with E-state index >= 15 is 0 Å². The lowest BCUT2D eigenvalue weighted by atomic mass is 9.93. The predicted molar refractivity (Wildman–Crippen MR) is 90.0 cm³/mol. The fourth-order valence-electron chi connectivity index (χ4n) is 2.64. The van der Waals surface area contributed by atoms with Crippen molar-refractivity contribution in [2.45, 2.75) is 32.7 Å². The number of rotatable bonds is 6. The average molecular weight is 350 g/mol. The highest BCUT2D eigenvalue weighted by Gasteiger charge is 2.16. The SMILES string of the molecule is CCNC(Cc1ccc(Br)cc1F)c1ccccc1CC. The van der Waals surface area contributed by atoms with E-state index in [2.05, 4.69) is 59.4 Å². The topological polar surface area (TPSA) is 12.0 Å². The Bertz CT molecular complexity index is 598. The second-order valence-corrected chi connectivity index (χ2v) is 6.02. The zero-order valence-electron chi connectivity index (χ0n) is 12.5. The van der Waals surface area contributed by atoms with Gasteiger partial charge in [0.1, 0.15) is 5.82 Å². The maximum Gasteiger partial charge on any atom is 0.127 e. The van der Waals surface area contributed by atoms with E-state index in [-0.39, 0.29) is 11.9 Å². The first kappa shape index (κ1) is 16.2. The van der Waals surface area contributed by atoms with Gasteiger partial charge in [0.15, 0.2) is 0 Å². The second kappa shape index (κ2) is 7.71. The van der Waals surface area contributed by atoms with Gasteiger partial charge in [-0.1, -0.05) is 60.1 Å². The van der Waals surface area contributed by atoms with Gasteiger partial charge in [0.2, 0.25) is 0 Å². The first-order valence-electron chi connectivity index (χ1n) is 7.40. The second-order valence-electron chi connectivity index (χ2n) is 5.10. The van der Waals surface area contributed by atoms with E-state index in [4.69, 9.17) is 0 Å². The van der Waals surface area contributed by atoms with Crippen LogP contribution in [0.2, 0.25) is 0 Å². The van der Waals surface area contributed by atoms with Gasteiger partial charge in [-0.05, 0) is 48.2 Å². The van der Waals surface area contributed by atoms with Gasteiger partial charge in [-0.3, -0.25) is 0 Å². The number of halogens is 2. The molecule has 1 N–H and O–H groups in total. The molecular weight excluding hydrogens is 329 g/mol. The zero-order valence-corrected chi connectivity index (χ0v) is 14.1. The largest absolute Gasteiger partial charge is 0.310 e. The van der Waals surface area contributed by atoms with Gasteiger partial charge < -0.3 is 5.32 Å². The van der Waals surface area contributed by atoms with Crippen LogP contribution in [-0.4, -0.2) is 6.54 Å². The highest BCUT2D eigenvalue weighted by Crippen LogP contribution is 2.25. The van der Waals surface area contributed by atoms with E-state index < -0.39 is 0 Å². The Balaban J connectivity index is 2.30. The molecule has 0 fully saturated rings. The Kier molecular flexibility index (Phi) is 5.95. The van der Waals surface area contributed by atoms with Crippen molar-refractivity contribution in [3.63, 3.8) is 0 Å². The quantitative estimate of drug-likeness (QED) is 0.769. The number of aryl methyl sites for hydroxylation is 1. The summed E-state index contributed by atoms with van der Waals surface area (Å²) in [5.41, 5.74) is 3.33. The van der Waals surface area contributed by atoms with E-state index in [1.807, 2.05) is 12.1 Å². The zero-order chi connectivity index (χ0) is 15.2. The van der Waals surface area contributed by atoms with Crippen molar-refractivity contribution in [2.75, 3.05) is 6.54 Å².